The summed E-state index contributed by atoms with van der Waals surface area (Å²) in [5.41, 5.74) is 8.72. The van der Waals surface area contributed by atoms with E-state index in [4.69, 9.17) is 5.73 Å². The maximum absolute atomic E-state index is 12.0. The number of primary amides is 1. The first-order chi connectivity index (χ1) is 12.0. The van der Waals surface area contributed by atoms with Gasteiger partial charge in [0.15, 0.2) is 0 Å². The number of anilines is 1. The lowest BCUT2D eigenvalue weighted by Gasteiger charge is -2.17. The highest BCUT2D eigenvalue weighted by molar-refractivity contribution is 7.21. The Morgan fingerprint density at radius 3 is 2.68 bits per heavy atom. The molecule has 0 saturated carbocycles. The molecule has 6 heteroatoms. The lowest BCUT2D eigenvalue weighted by atomic mass is 9.95. The van der Waals surface area contributed by atoms with Crippen LogP contribution in [0.15, 0.2) is 30.3 Å². The molecule has 1 atom stereocenters. The number of rotatable bonds is 3. The Labute approximate surface area is 150 Å². The van der Waals surface area contributed by atoms with Crippen molar-refractivity contribution in [3.8, 4) is 0 Å². The van der Waals surface area contributed by atoms with Crippen molar-refractivity contribution in [2.45, 2.75) is 26.2 Å². The van der Waals surface area contributed by atoms with Gasteiger partial charge in [-0.2, -0.15) is 0 Å². The molecule has 1 fully saturated rings. The highest BCUT2D eigenvalue weighted by Crippen LogP contribution is 2.40. The smallest absolute Gasteiger partial charge is 0.259 e. The highest BCUT2D eigenvalue weighted by Gasteiger charge is 2.31. The Bertz CT molecular complexity index is 945. The number of thiophene rings is 1. The number of hydrogen-bond donors (Lipinski definition) is 1. The number of benzene rings is 1. The van der Waals surface area contributed by atoms with E-state index in [0.717, 1.165) is 52.5 Å². The van der Waals surface area contributed by atoms with Crippen LogP contribution < -0.4 is 10.6 Å². The highest BCUT2D eigenvalue weighted by atomic mass is 32.1. The normalized spacial score (nSPS) is 17.4. The van der Waals surface area contributed by atoms with E-state index in [1.807, 2.05) is 32.0 Å². The third-order valence-electron chi connectivity index (χ3n) is 4.71. The summed E-state index contributed by atoms with van der Waals surface area (Å²) >= 11 is 1.50. The molecule has 1 aliphatic heterocycles. The van der Waals surface area contributed by atoms with E-state index in [0.29, 0.717) is 4.88 Å². The summed E-state index contributed by atoms with van der Waals surface area (Å²) < 4.78 is 1.12. The Morgan fingerprint density at radius 2 is 1.96 bits per heavy atom. The number of fused-ring (bicyclic) bond motifs is 1. The fourth-order valence-electron chi connectivity index (χ4n) is 3.68. The summed E-state index contributed by atoms with van der Waals surface area (Å²) in [6.07, 6.45) is 0.970. The Kier molecular flexibility index (Phi) is 3.92. The molecule has 0 bridgehead atoms. The van der Waals surface area contributed by atoms with Crippen LogP contribution in [-0.4, -0.2) is 29.0 Å². The molecule has 3 aromatic rings. The number of hydrogen-bond acceptors (Lipinski definition) is 5. The number of carbonyl (C=O) groups is 1. The molecule has 1 aromatic carbocycles. The van der Waals surface area contributed by atoms with Crippen molar-refractivity contribution < 1.29 is 4.79 Å². The van der Waals surface area contributed by atoms with E-state index < -0.39 is 0 Å². The molecular formula is C19H20N4OS. The van der Waals surface area contributed by atoms with Crippen molar-refractivity contribution in [1.82, 2.24) is 9.97 Å². The van der Waals surface area contributed by atoms with Crippen molar-refractivity contribution in [3.63, 3.8) is 0 Å². The second kappa shape index (κ2) is 6.11. The van der Waals surface area contributed by atoms with Gasteiger partial charge < -0.3 is 10.6 Å². The lowest BCUT2D eigenvalue weighted by Crippen LogP contribution is -2.22. The minimum absolute atomic E-state index is 0.267. The first-order valence-corrected chi connectivity index (χ1v) is 9.23. The van der Waals surface area contributed by atoms with E-state index >= 15 is 0 Å². The standard InChI is InChI=1S/C19H20N4OS/c1-11-9-12(2)22-19(21-11)23-8-7-13(10-23)16-14-5-3-4-6-15(14)25-17(16)18(20)24/h3-6,9,13H,7-8,10H2,1-2H3,(H2,20,24). The number of carbonyl (C=O) groups excluding carboxylic acids is 1. The van der Waals surface area contributed by atoms with Gasteiger partial charge in [-0.05, 0) is 43.4 Å². The summed E-state index contributed by atoms with van der Waals surface area (Å²) in [7, 11) is 0. The molecule has 3 heterocycles. The summed E-state index contributed by atoms with van der Waals surface area (Å²) in [6.45, 7) is 5.67. The average molecular weight is 352 g/mol. The Balaban J connectivity index is 1.71. The van der Waals surface area contributed by atoms with E-state index in [2.05, 4.69) is 27.0 Å². The van der Waals surface area contributed by atoms with Crippen molar-refractivity contribution in [1.29, 1.82) is 0 Å². The van der Waals surface area contributed by atoms with E-state index in [-0.39, 0.29) is 11.8 Å². The van der Waals surface area contributed by atoms with E-state index in [9.17, 15) is 4.79 Å². The van der Waals surface area contributed by atoms with Crippen LogP contribution in [0.2, 0.25) is 0 Å². The van der Waals surface area contributed by atoms with Gasteiger partial charge in [0.2, 0.25) is 5.95 Å². The molecule has 0 spiro atoms. The van der Waals surface area contributed by atoms with Crippen LogP contribution in [0.3, 0.4) is 0 Å². The Hall–Kier alpha value is -2.47. The van der Waals surface area contributed by atoms with Gasteiger partial charge in [-0.1, -0.05) is 18.2 Å². The van der Waals surface area contributed by atoms with Crippen LogP contribution in [-0.2, 0) is 0 Å². The van der Waals surface area contributed by atoms with Crippen LogP contribution in [0.5, 0.6) is 0 Å². The zero-order chi connectivity index (χ0) is 17.6. The molecule has 1 amide bonds. The Morgan fingerprint density at radius 1 is 1.24 bits per heavy atom. The van der Waals surface area contributed by atoms with Gasteiger partial charge in [-0.25, -0.2) is 9.97 Å². The molecule has 2 aromatic heterocycles. The minimum Gasteiger partial charge on any atom is -0.365 e. The van der Waals surface area contributed by atoms with Crippen LogP contribution in [0, 0.1) is 13.8 Å². The van der Waals surface area contributed by atoms with Crippen LogP contribution in [0.25, 0.3) is 10.1 Å². The van der Waals surface area contributed by atoms with Gasteiger partial charge in [0.25, 0.3) is 5.91 Å². The summed E-state index contributed by atoms with van der Waals surface area (Å²) in [6, 6.07) is 10.1. The lowest BCUT2D eigenvalue weighted by molar-refractivity contribution is 0.100. The first-order valence-electron chi connectivity index (χ1n) is 8.41. The van der Waals surface area contributed by atoms with Crippen molar-refractivity contribution in [2.75, 3.05) is 18.0 Å². The van der Waals surface area contributed by atoms with Gasteiger partial charge >= 0.3 is 0 Å². The fourth-order valence-corrected chi connectivity index (χ4v) is 4.82. The predicted octanol–water partition coefficient (Wildman–Crippen LogP) is 3.40. The largest absolute Gasteiger partial charge is 0.365 e. The molecular weight excluding hydrogens is 332 g/mol. The summed E-state index contributed by atoms with van der Waals surface area (Å²) in [5, 5.41) is 1.15. The monoisotopic (exact) mass is 352 g/mol. The van der Waals surface area contributed by atoms with Gasteiger partial charge in [-0.3, -0.25) is 4.79 Å². The van der Waals surface area contributed by atoms with Crippen molar-refractivity contribution in [2.24, 2.45) is 5.73 Å². The number of amides is 1. The minimum atomic E-state index is -0.336. The fraction of sp³-hybridized carbons (Fsp3) is 0.316. The van der Waals surface area contributed by atoms with Crippen molar-refractivity contribution >= 4 is 33.3 Å². The third-order valence-corrected chi connectivity index (χ3v) is 5.91. The molecule has 5 nitrogen and oxygen atoms in total. The van der Waals surface area contributed by atoms with Crippen LogP contribution >= 0.6 is 11.3 Å². The van der Waals surface area contributed by atoms with Gasteiger partial charge in [0.1, 0.15) is 0 Å². The second-order valence-electron chi connectivity index (χ2n) is 6.59. The van der Waals surface area contributed by atoms with Crippen LogP contribution in [0.1, 0.15) is 39.0 Å². The van der Waals surface area contributed by atoms with E-state index in [1.54, 1.807) is 0 Å². The molecule has 4 rings (SSSR count). The zero-order valence-electron chi connectivity index (χ0n) is 14.3. The SMILES string of the molecule is Cc1cc(C)nc(N2CCC(c3c(C(N)=O)sc4ccccc34)C2)n1. The summed E-state index contributed by atoms with van der Waals surface area (Å²) in [5.74, 6) is 0.709. The summed E-state index contributed by atoms with van der Waals surface area (Å²) in [4.78, 5) is 24.0. The van der Waals surface area contributed by atoms with Crippen LogP contribution in [0.4, 0.5) is 5.95 Å². The number of nitrogens with zero attached hydrogens (tertiary/aromatic N) is 3. The molecule has 25 heavy (non-hydrogen) atoms. The van der Waals surface area contributed by atoms with Crippen molar-refractivity contribution in [3.05, 3.63) is 52.2 Å². The quantitative estimate of drug-likeness (QED) is 0.784. The van der Waals surface area contributed by atoms with Gasteiger partial charge in [0.05, 0.1) is 4.88 Å². The predicted molar refractivity (Wildman–Crippen MR) is 101 cm³/mol. The maximum atomic E-state index is 12.0. The van der Waals surface area contributed by atoms with E-state index in [1.165, 1.54) is 11.3 Å². The second-order valence-corrected chi connectivity index (χ2v) is 7.64. The topological polar surface area (TPSA) is 72.1 Å². The molecule has 128 valence electrons. The molecule has 1 saturated heterocycles. The molecule has 1 aliphatic rings. The van der Waals surface area contributed by atoms with Gasteiger partial charge in [0, 0.05) is 35.1 Å². The molecule has 0 radical (unpaired) electrons. The zero-order valence-corrected chi connectivity index (χ0v) is 15.1. The third kappa shape index (κ3) is 2.87. The molecule has 0 aliphatic carbocycles. The number of aromatic nitrogens is 2. The average Bonchev–Trinajstić information content (AvgIpc) is 3.18. The maximum Gasteiger partial charge on any atom is 0.259 e. The number of nitrogens with two attached hydrogens (primary N) is 1. The number of aryl methyl sites for hydroxylation is 2. The molecule has 2 N–H and O–H groups in total. The molecule has 1 unspecified atom stereocenters. The first kappa shape index (κ1) is 16.0. The van der Waals surface area contributed by atoms with Gasteiger partial charge in [-0.15, -0.1) is 11.3 Å².